The molecule has 18 heavy (non-hydrogen) atoms. The highest BCUT2D eigenvalue weighted by molar-refractivity contribution is 6.29. The minimum absolute atomic E-state index is 0.550. The number of hydrogen-bond donors (Lipinski definition) is 1. The van der Waals surface area contributed by atoms with Gasteiger partial charge in [-0.25, -0.2) is 9.97 Å². The molecule has 0 bridgehead atoms. The van der Waals surface area contributed by atoms with Gasteiger partial charge in [-0.15, -0.1) is 0 Å². The van der Waals surface area contributed by atoms with Crippen LogP contribution in [-0.4, -0.2) is 9.97 Å². The average Bonchev–Trinajstić information content (AvgIpc) is 2.28. The molecule has 0 atom stereocenters. The van der Waals surface area contributed by atoms with Crippen LogP contribution in [0.1, 0.15) is 11.4 Å². The van der Waals surface area contributed by atoms with Gasteiger partial charge in [0.2, 0.25) is 5.95 Å². The van der Waals surface area contributed by atoms with Crippen molar-refractivity contribution in [3.8, 4) is 0 Å². The van der Waals surface area contributed by atoms with Gasteiger partial charge in [0, 0.05) is 22.8 Å². The second kappa shape index (κ2) is 5.65. The summed E-state index contributed by atoms with van der Waals surface area (Å²) in [6.07, 6.45) is 0.550. The molecule has 2 aromatic rings. The monoisotopic (exact) mass is 259 g/mol. The first-order valence-electron chi connectivity index (χ1n) is 5.63. The van der Waals surface area contributed by atoms with Gasteiger partial charge < -0.3 is 5.32 Å². The molecular weight excluding hydrogens is 246 g/mol. The lowest BCUT2D eigenvalue weighted by Crippen LogP contribution is -2.02. The van der Waals surface area contributed by atoms with Gasteiger partial charge in [-0.1, -0.05) is 36.4 Å². The van der Waals surface area contributed by atoms with Crippen molar-refractivity contribution < 1.29 is 0 Å². The van der Waals surface area contributed by atoms with Crippen molar-refractivity contribution >= 4 is 23.2 Å². The Hall–Kier alpha value is -1.87. The van der Waals surface area contributed by atoms with E-state index in [0.717, 1.165) is 17.1 Å². The summed E-state index contributed by atoms with van der Waals surface area (Å²) in [5, 5.41) is 3.73. The Morgan fingerprint density at radius 2 is 2.00 bits per heavy atom. The van der Waals surface area contributed by atoms with E-state index in [0.29, 0.717) is 17.4 Å². The molecule has 0 unspecified atom stereocenters. The molecule has 0 radical (unpaired) electrons. The highest BCUT2D eigenvalue weighted by Gasteiger charge is 2.03. The van der Waals surface area contributed by atoms with Gasteiger partial charge in [0.1, 0.15) is 0 Å². The minimum atomic E-state index is 0.550. The predicted octanol–water partition coefficient (Wildman–Crippen LogP) is 3.82. The van der Waals surface area contributed by atoms with Crippen LogP contribution in [0.2, 0.25) is 0 Å². The van der Waals surface area contributed by atoms with Crippen LogP contribution in [0.15, 0.2) is 48.0 Å². The van der Waals surface area contributed by atoms with Crippen molar-refractivity contribution in [2.75, 3.05) is 5.32 Å². The van der Waals surface area contributed by atoms with E-state index in [-0.39, 0.29) is 0 Å². The Balaban J connectivity index is 2.23. The number of nitrogens with zero attached hydrogens (tertiary/aromatic N) is 2. The van der Waals surface area contributed by atoms with Crippen LogP contribution in [0.5, 0.6) is 0 Å². The van der Waals surface area contributed by atoms with Gasteiger partial charge in [-0.3, -0.25) is 0 Å². The highest BCUT2D eigenvalue weighted by Crippen LogP contribution is 2.15. The summed E-state index contributed by atoms with van der Waals surface area (Å²) in [6.45, 7) is 5.61. The Labute approximate surface area is 112 Å². The summed E-state index contributed by atoms with van der Waals surface area (Å²) in [7, 11) is 0. The third-order valence-electron chi connectivity index (χ3n) is 2.31. The number of aromatic nitrogens is 2. The van der Waals surface area contributed by atoms with Crippen molar-refractivity contribution in [1.82, 2.24) is 9.97 Å². The molecule has 2 rings (SSSR count). The van der Waals surface area contributed by atoms with E-state index in [1.807, 2.05) is 43.3 Å². The van der Waals surface area contributed by atoms with Crippen LogP contribution in [0.3, 0.4) is 0 Å². The van der Waals surface area contributed by atoms with E-state index in [9.17, 15) is 0 Å². The molecular formula is C14H14ClN3. The maximum absolute atomic E-state index is 5.80. The molecule has 0 fully saturated rings. The average molecular weight is 260 g/mol. The first kappa shape index (κ1) is 12.6. The zero-order valence-corrected chi connectivity index (χ0v) is 10.9. The van der Waals surface area contributed by atoms with Crippen molar-refractivity contribution in [3.05, 3.63) is 59.4 Å². The zero-order chi connectivity index (χ0) is 13.0. The topological polar surface area (TPSA) is 37.8 Å². The number of aryl methyl sites for hydroxylation is 1. The largest absolute Gasteiger partial charge is 0.324 e. The number of halogens is 1. The molecule has 0 saturated heterocycles. The molecule has 1 N–H and O–H groups in total. The predicted molar refractivity (Wildman–Crippen MR) is 75.2 cm³/mol. The zero-order valence-electron chi connectivity index (χ0n) is 10.2. The van der Waals surface area contributed by atoms with E-state index in [2.05, 4.69) is 21.9 Å². The molecule has 0 spiro atoms. The summed E-state index contributed by atoms with van der Waals surface area (Å²) in [4.78, 5) is 8.74. The molecule has 0 aliphatic heterocycles. The summed E-state index contributed by atoms with van der Waals surface area (Å²) in [6, 6.07) is 11.7. The highest BCUT2D eigenvalue weighted by atomic mass is 35.5. The number of benzene rings is 1. The number of nitrogens with one attached hydrogen (secondary N) is 1. The van der Waals surface area contributed by atoms with Crippen molar-refractivity contribution in [3.63, 3.8) is 0 Å². The molecule has 0 amide bonds. The Bertz CT molecular complexity index is 552. The van der Waals surface area contributed by atoms with E-state index in [1.165, 1.54) is 0 Å². The van der Waals surface area contributed by atoms with Crippen LogP contribution < -0.4 is 5.32 Å². The van der Waals surface area contributed by atoms with Gasteiger partial charge >= 0.3 is 0 Å². The Kier molecular flexibility index (Phi) is 3.95. The van der Waals surface area contributed by atoms with Gasteiger partial charge in [-0.05, 0) is 25.1 Å². The lowest BCUT2D eigenvalue weighted by atomic mass is 10.2. The Morgan fingerprint density at radius 3 is 2.67 bits per heavy atom. The summed E-state index contributed by atoms with van der Waals surface area (Å²) in [5.41, 5.74) is 2.72. The van der Waals surface area contributed by atoms with Gasteiger partial charge in [0.05, 0.1) is 5.69 Å². The first-order chi connectivity index (χ1) is 8.63. The van der Waals surface area contributed by atoms with Crippen LogP contribution in [-0.2, 0) is 6.42 Å². The quantitative estimate of drug-likeness (QED) is 0.907. The van der Waals surface area contributed by atoms with Crippen molar-refractivity contribution in [2.24, 2.45) is 0 Å². The minimum Gasteiger partial charge on any atom is -0.324 e. The SMILES string of the molecule is C=C(Cl)Cc1cc(C)nc(Nc2ccccc2)n1. The summed E-state index contributed by atoms with van der Waals surface area (Å²) < 4.78 is 0. The van der Waals surface area contributed by atoms with Crippen LogP contribution >= 0.6 is 11.6 Å². The molecule has 92 valence electrons. The molecule has 0 saturated carbocycles. The maximum Gasteiger partial charge on any atom is 0.227 e. The fourth-order valence-electron chi connectivity index (χ4n) is 1.63. The molecule has 4 heteroatoms. The van der Waals surface area contributed by atoms with Gasteiger partial charge in [-0.2, -0.15) is 0 Å². The number of allylic oxidation sites excluding steroid dienone is 1. The second-order valence-electron chi connectivity index (χ2n) is 4.01. The third-order valence-corrected chi connectivity index (χ3v) is 2.44. The molecule has 0 aliphatic rings. The molecule has 1 aromatic heterocycles. The van der Waals surface area contributed by atoms with Crippen molar-refractivity contribution in [1.29, 1.82) is 0 Å². The van der Waals surface area contributed by atoms with Gasteiger partial charge in [0.15, 0.2) is 0 Å². The molecule has 3 nitrogen and oxygen atoms in total. The molecule has 1 heterocycles. The standard InChI is InChI=1S/C14H14ClN3/c1-10(15)8-13-9-11(2)16-14(18-13)17-12-6-4-3-5-7-12/h3-7,9H,1,8H2,2H3,(H,16,17,18). The van der Waals surface area contributed by atoms with Crippen LogP contribution in [0.4, 0.5) is 11.6 Å². The lowest BCUT2D eigenvalue weighted by molar-refractivity contribution is 1.02. The number of rotatable bonds is 4. The smallest absolute Gasteiger partial charge is 0.227 e. The first-order valence-corrected chi connectivity index (χ1v) is 6.01. The maximum atomic E-state index is 5.80. The fraction of sp³-hybridized carbons (Fsp3) is 0.143. The van der Waals surface area contributed by atoms with E-state index < -0.39 is 0 Å². The molecule has 0 aliphatic carbocycles. The third kappa shape index (κ3) is 3.57. The Morgan fingerprint density at radius 1 is 1.28 bits per heavy atom. The van der Waals surface area contributed by atoms with Crippen molar-refractivity contribution in [2.45, 2.75) is 13.3 Å². The normalized spacial score (nSPS) is 10.1. The lowest BCUT2D eigenvalue weighted by Gasteiger charge is -2.07. The number of anilines is 2. The van der Waals surface area contributed by atoms with Crippen LogP contribution in [0.25, 0.3) is 0 Å². The number of hydrogen-bond acceptors (Lipinski definition) is 3. The fourth-order valence-corrected chi connectivity index (χ4v) is 1.76. The second-order valence-corrected chi connectivity index (χ2v) is 4.54. The van der Waals surface area contributed by atoms with E-state index in [1.54, 1.807) is 0 Å². The van der Waals surface area contributed by atoms with E-state index >= 15 is 0 Å². The van der Waals surface area contributed by atoms with E-state index in [4.69, 9.17) is 11.6 Å². The number of para-hydroxylation sites is 1. The summed E-state index contributed by atoms with van der Waals surface area (Å²) >= 11 is 5.80. The molecule has 1 aromatic carbocycles. The van der Waals surface area contributed by atoms with Gasteiger partial charge in [0.25, 0.3) is 0 Å². The van der Waals surface area contributed by atoms with Crippen LogP contribution in [0, 0.1) is 6.92 Å². The summed E-state index contributed by atoms with van der Waals surface area (Å²) in [5.74, 6) is 0.578.